The van der Waals surface area contributed by atoms with E-state index in [4.69, 9.17) is 5.11 Å². The van der Waals surface area contributed by atoms with Crippen molar-refractivity contribution in [3.63, 3.8) is 0 Å². The van der Waals surface area contributed by atoms with Crippen LogP contribution in [0.5, 0.6) is 0 Å². The Balaban J connectivity index is 2.26. The highest BCUT2D eigenvalue weighted by Gasteiger charge is 2.23. The number of hydrogen-bond donors (Lipinski definition) is 2. The van der Waals surface area contributed by atoms with Gasteiger partial charge >= 0.3 is 0 Å². The van der Waals surface area contributed by atoms with E-state index in [1.807, 2.05) is 0 Å². The molecule has 0 aromatic heterocycles. The van der Waals surface area contributed by atoms with Crippen molar-refractivity contribution in [3.8, 4) is 0 Å². The minimum atomic E-state index is -0.0609. The molecule has 1 radical (unpaired) electrons. The van der Waals surface area contributed by atoms with Gasteiger partial charge in [0, 0.05) is 19.2 Å². The Bertz CT molecular complexity index is 119. The summed E-state index contributed by atoms with van der Waals surface area (Å²) in [5.41, 5.74) is 0. The molecule has 1 aliphatic carbocycles. The van der Waals surface area contributed by atoms with Crippen molar-refractivity contribution in [2.75, 3.05) is 19.8 Å². The molecule has 1 aliphatic rings. The van der Waals surface area contributed by atoms with Gasteiger partial charge in [0.25, 0.3) is 0 Å². The molecule has 1 rings (SSSR count). The van der Waals surface area contributed by atoms with E-state index in [-0.39, 0.29) is 13.2 Å². The summed E-state index contributed by atoms with van der Waals surface area (Å²) in [5.74, 6) is 0.380. The lowest BCUT2D eigenvalue weighted by molar-refractivity contribution is 0.138. The third-order valence-electron chi connectivity index (χ3n) is 2.65. The molecule has 0 heterocycles. The van der Waals surface area contributed by atoms with Crippen molar-refractivity contribution in [2.45, 2.75) is 31.7 Å². The Morgan fingerprint density at radius 3 is 2.75 bits per heavy atom. The van der Waals surface area contributed by atoms with Crippen LogP contribution >= 0.6 is 0 Å². The number of rotatable bonds is 4. The van der Waals surface area contributed by atoms with E-state index < -0.39 is 0 Å². The zero-order chi connectivity index (χ0) is 8.81. The highest BCUT2D eigenvalue weighted by Crippen LogP contribution is 2.23. The van der Waals surface area contributed by atoms with Crippen molar-refractivity contribution in [1.82, 2.24) is 5.32 Å². The van der Waals surface area contributed by atoms with Crippen LogP contribution in [0.4, 0.5) is 0 Å². The highest BCUT2D eigenvalue weighted by molar-refractivity contribution is 4.80. The lowest BCUT2D eigenvalue weighted by Gasteiger charge is -2.30. The largest absolute Gasteiger partial charge is 0.396 e. The fraction of sp³-hybridized carbons (Fsp3) is 1.00. The molecule has 3 heteroatoms. The molecule has 2 N–H and O–H groups in total. The van der Waals surface area contributed by atoms with Crippen molar-refractivity contribution in [2.24, 2.45) is 5.92 Å². The van der Waals surface area contributed by atoms with E-state index >= 15 is 0 Å². The SMILES string of the molecule is [O]CCN[C@H]1CCCC[C@@H]1CO. The van der Waals surface area contributed by atoms with Gasteiger partial charge in [-0.05, 0) is 18.8 Å². The van der Waals surface area contributed by atoms with Crippen LogP contribution in [0, 0.1) is 5.92 Å². The molecule has 0 saturated heterocycles. The van der Waals surface area contributed by atoms with Gasteiger partial charge in [-0.15, -0.1) is 0 Å². The van der Waals surface area contributed by atoms with E-state index in [1.165, 1.54) is 12.8 Å². The van der Waals surface area contributed by atoms with E-state index in [2.05, 4.69) is 5.32 Å². The molecule has 0 spiro atoms. The Labute approximate surface area is 73.8 Å². The first-order valence-corrected chi connectivity index (χ1v) is 4.81. The third kappa shape index (κ3) is 2.73. The average molecular weight is 172 g/mol. The van der Waals surface area contributed by atoms with Crippen LogP contribution in [0.25, 0.3) is 0 Å². The second-order valence-electron chi connectivity index (χ2n) is 3.49. The van der Waals surface area contributed by atoms with Crippen LogP contribution in [-0.2, 0) is 5.11 Å². The van der Waals surface area contributed by atoms with E-state index in [9.17, 15) is 5.11 Å². The maximum atomic E-state index is 10.2. The third-order valence-corrected chi connectivity index (χ3v) is 2.65. The zero-order valence-electron chi connectivity index (χ0n) is 7.46. The smallest absolute Gasteiger partial charge is 0.0946 e. The molecule has 3 nitrogen and oxygen atoms in total. The first-order chi connectivity index (χ1) is 5.88. The number of aliphatic hydroxyl groups excluding tert-OH is 1. The summed E-state index contributed by atoms with van der Waals surface area (Å²) < 4.78 is 0. The summed E-state index contributed by atoms with van der Waals surface area (Å²) in [6.07, 6.45) is 4.67. The lowest BCUT2D eigenvalue weighted by atomic mass is 9.85. The van der Waals surface area contributed by atoms with Gasteiger partial charge in [0.2, 0.25) is 0 Å². The average Bonchev–Trinajstić information content (AvgIpc) is 2.15. The van der Waals surface area contributed by atoms with Crippen molar-refractivity contribution < 1.29 is 10.2 Å². The second kappa shape index (κ2) is 5.51. The molecule has 0 aromatic rings. The Morgan fingerprint density at radius 2 is 2.08 bits per heavy atom. The molecular weight excluding hydrogens is 154 g/mol. The predicted molar refractivity (Wildman–Crippen MR) is 46.4 cm³/mol. The number of nitrogens with one attached hydrogen (secondary N) is 1. The Hall–Kier alpha value is -0.120. The molecular formula is C9H18NO2. The number of hydrogen-bond acceptors (Lipinski definition) is 2. The molecule has 1 fully saturated rings. The highest BCUT2D eigenvalue weighted by atomic mass is 16.3. The Morgan fingerprint density at radius 1 is 1.33 bits per heavy atom. The molecule has 71 valence electrons. The summed E-state index contributed by atoms with van der Waals surface area (Å²) in [4.78, 5) is 0. The van der Waals surface area contributed by atoms with Crippen LogP contribution < -0.4 is 5.32 Å². The molecule has 0 unspecified atom stereocenters. The van der Waals surface area contributed by atoms with Crippen LogP contribution in [0.1, 0.15) is 25.7 Å². The normalized spacial score (nSPS) is 30.5. The monoisotopic (exact) mass is 172 g/mol. The van der Waals surface area contributed by atoms with Crippen molar-refractivity contribution >= 4 is 0 Å². The maximum absolute atomic E-state index is 10.2. The summed E-state index contributed by atoms with van der Waals surface area (Å²) >= 11 is 0. The Kier molecular flexibility index (Phi) is 4.58. The van der Waals surface area contributed by atoms with Gasteiger partial charge in [-0.1, -0.05) is 12.8 Å². The van der Waals surface area contributed by atoms with Crippen molar-refractivity contribution in [3.05, 3.63) is 0 Å². The first-order valence-electron chi connectivity index (χ1n) is 4.81. The van der Waals surface area contributed by atoms with Crippen LogP contribution in [0.3, 0.4) is 0 Å². The quantitative estimate of drug-likeness (QED) is 0.651. The van der Waals surface area contributed by atoms with E-state index in [0.29, 0.717) is 18.5 Å². The van der Waals surface area contributed by atoms with Gasteiger partial charge in [0.1, 0.15) is 0 Å². The van der Waals surface area contributed by atoms with Gasteiger partial charge in [0.15, 0.2) is 0 Å². The first kappa shape index (κ1) is 9.96. The second-order valence-corrected chi connectivity index (χ2v) is 3.49. The van der Waals surface area contributed by atoms with Gasteiger partial charge in [-0.25, -0.2) is 5.11 Å². The zero-order valence-corrected chi connectivity index (χ0v) is 7.46. The van der Waals surface area contributed by atoms with Gasteiger partial charge in [-0.3, -0.25) is 0 Å². The van der Waals surface area contributed by atoms with E-state index in [0.717, 1.165) is 12.8 Å². The lowest BCUT2D eigenvalue weighted by Crippen LogP contribution is -2.41. The molecule has 0 aromatic carbocycles. The molecule has 0 amide bonds. The van der Waals surface area contributed by atoms with Gasteiger partial charge < -0.3 is 10.4 Å². The molecule has 1 saturated carbocycles. The van der Waals surface area contributed by atoms with Crippen LogP contribution in [0.2, 0.25) is 0 Å². The minimum Gasteiger partial charge on any atom is -0.396 e. The fourth-order valence-corrected chi connectivity index (χ4v) is 1.94. The maximum Gasteiger partial charge on any atom is 0.0946 e. The van der Waals surface area contributed by atoms with Crippen LogP contribution in [-0.4, -0.2) is 30.9 Å². The molecule has 12 heavy (non-hydrogen) atoms. The predicted octanol–water partition coefficient (Wildman–Crippen LogP) is 0.558. The molecule has 0 bridgehead atoms. The molecule has 0 aliphatic heterocycles. The standard InChI is InChI=1S/C9H18NO2/c11-6-5-10-9-4-2-1-3-8(9)7-12/h8-10,12H,1-7H2/t8-,9+/m1/s1. The molecule has 2 atom stereocenters. The fourth-order valence-electron chi connectivity index (χ4n) is 1.94. The summed E-state index contributed by atoms with van der Waals surface area (Å²) in [5, 5.41) is 22.5. The summed E-state index contributed by atoms with van der Waals surface area (Å²) in [6.45, 7) is 0.742. The van der Waals surface area contributed by atoms with E-state index in [1.54, 1.807) is 0 Å². The van der Waals surface area contributed by atoms with Crippen molar-refractivity contribution in [1.29, 1.82) is 0 Å². The van der Waals surface area contributed by atoms with Crippen LogP contribution in [0.15, 0.2) is 0 Å². The van der Waals surface area contributed by atoms with Gasteiger partial charge in [-0.2, -0.15) is 0 Å². The summed E-state index contributed by atoms with van der Waals surface area (Å²) in [6, 6.07) is 0.387. The van der Waals surface area contributed by atoms with Gasteiger partial charge in [0.05, 0.1) is 6.61 Å². The topological polar surface area (TPSA) is 52.2 Å². The number of aliphatic hydroxyl groups is 1. The minimum absolute atomic E-state index is 0.0609. The summed E-state index contributed by atoms with van der Waals surface area (Å²) in [7, 11) is 0.